The minimum atomic E-state index is -0.318. The van der Waals surface area contributed by atoms with Crippen LogP contribution in [0.2, 0.25) is 0 Å². The lowest BCUT2D eigenvalue weighted by Gasteiger charge is -2.09. The number of anilines is 1. The molecule has 2 heterocycles. The van der Waals surface area contributed by atoms with Gasteiger partial charge in [0, 0.05) is 18.7 Å². The lowest BCUT2D eigenvalue weighted by atomic mass is 10.2. The van der Waals surface area contributed by atoms with Gasteiger partial charge >= 0.3 is 0 Å². The zero-order chi connectivity index (χ0) is 13.1. The van der Waals surface area contributed by atoms with Gasteiger partial charge in [0.1, 0.15) is 5.82 Å². The molecule has 6 nitrogen and oxygen atoms in total. The van der Waals surface area contributed by atoms with Gasteiger partial charge in [-0.3, -0.25) is 4.79 Å². The second-order valence-corrected chi connectivity index (χ2v) is 4.58. The normalized spacial score (nSPS) is 10.9. The van der Waals surface area contributed by atoms with Crippen LogP contribution in [0.3, 0.4) is 0 Å². The highest BCUT2D eigenvalue weighted by Crippen LogP contribution is 2.11. The summed E-state index contributed by atoms with van der Waals surface area (Å²) < 4.78 is 6.66. The summed E-state index contributed by atoms with van der Waals surface area (Å²) in [6.45, 7) is 6.70. The molecule has 0 aliphatic heterocycles. The van der Waals surface area contributed by atoms with Gasteiger partial charge in [-0.05, 0) is 12.8 Å². The van der Waals surface area contributed by atoms with Gasteiger partial charge in [-0.15, -0.1) is 0 Å². The number of carbonyl (C=O) groups excluding carboxylic acids is 1. The number of carbonyl (C=O) groups is 1. The van der Waals surface area contributed by atoms with Crippen molar-refractivity contribution in [3.05, 3.63) is 29.8 Å². The highest BCUT2D eigenvalue weighted by Gasteiger charge is 2.14. The molecule has 1 amide bonds. The first-order valence-corrected chi connectivity index (χ1v) is 5.82. The predicted octanol–water partition coefficient (Wildman–Crippen LogP) is 2.09. The molecule has 0 fully saturated rings. The molecule has 0 atom stereocenters. The van der Waals surface area contributed by atoms with Gasteiger partial charge in [0.15, 0.2) is 0 Å². The fourth-order valence-electron chi connectivity index (χ4n) is 1.58. The fraction of sp³-hybridized carbons (Fsp3) is 0.417. The number of rotatable bonds is 4. The smallest absolute Gasteiger partial charge is 0.295 e. The van der Waals surface area contributed by atoms with Crippen molar-refractivity contribution in [3.8, 4) is 0 Å². The predicted molar refractivity (Wildman–Crippen MR) is 66.3 cm³/mol. The minimum Gasteiger partial charge on any atom is -0.351 e. The average Bonchev–Trinajstić information content (AvgIpc) is 2.88. The molecule has 6 heteroatoms. The van der Waals surface area contributed by atoms with Crippen molar-refractivity contribution < 1.29 is 9.32 Å². The molecule has 0 bridgehead atoms. The maximum atomic E-state index is 11.9. The van der Waals surface area contributed by atoms with Gasteiger partial charge in [0.2, 0.25) is 5.76 Å². The van der Waals surface area contributed by atoms with Crippen molar-refractivity contribution in [1.29, 1.82) is 0 Å². The third kappa shape index (κ3) is 2.77. The third-order valence-electron chi connectivity index (χ3n) is 2.35. The van der Waals surface area contributed by atoms with Crippen LogP contribution < -0.4 is 5.32 Å². The summed E-state index contributed by atoms with van der Waals surface area (Å²) in [6, 6.07) is 3.35. The summed E-state index contributed by atoms with van der Waals surface area (Å²) in [5, 5.41) is 10.6. The Bertz CT molecular complexity index is 542. The van der Waals surface area contributed by atoms with Crippen LogP contribution in [0.1, 0.15) is 30.1 Å². The lowest BCUT2D eigenvalue weighted by Crippen LogP contribution is -2.16. The maximum Gasteiger partial charge on any atom is 0.295 e. The van der Waals surface area contributed by atoms with E-state index in [4.69, 9.17) is 4.52 Å². The van der Waals surface area contributed by atoms with E-state index >= 15 is 0 Å². The average molecular weight is 248 g/mol. The Morgan fingerprint density at radius 1 is 1.56 bits per heavy atom. The lowest BCUT2D eigenvalue weighted by molar-refractivity contribution is 0.0986. The van der Waals surface area contributed by atoms with Crippen molar-refractivity contribution in [2.24, 2.45) is 5.92 Å². The van der Waals surface area contributed by atoms with E-state index in [1.165, 1.54) is 0 Å². The van der Waals surface area contributed by atoms with Gasteiger partial charge in [0.25, 0.3) is 5.91 Å². The van der Waals surface area contributed by atoms with Crippen molar-refractivity contribution >= 4 is 11.7 Å². The van der Waals surface area contributed by atoms with E-state index in [1.807, 2.05) is 0 Å². The van der Waals surface area contributed by atoms with E-state index in [0.717, 1.165) is 6.54 Å². The summed E-state index contributed by atoms with van der Waals surface area (Å²) in [6.07, 6.45) is 1.66. The van der Waals surface area contributed by atoms with E-state index in [1.54, 1.807) is 29.9 Å². The molecule has 96 valence electrons. The summed E-state index contributed by atoms with van der Waals surface area (Å²) in [7, 11) is 0. The molecule has 0 saturated heterocycles. The highest BCUT2D eigenvalue weighted by molar-refractivity contribution is 6.01. The molecule has 0 saturated carbocycles. The van der Waals surface area contributed by atoms with Crippen LogP contribution in [0.5, 0.6) is 0 Å². The summed E-state index contributed by atoms with van der Waals surface area (Å²) >= 11 is 0. The Kier molecular flexibility index (Phi) is 3.45. The van der Waals surface area contributed by atoms with Crippen LogP contribution in [0.4, 0.5) is 5.82 Å². The zero-order valence-corrected chi connectivity index (χ0v) is 10.7. The number of aromatic nitrogens is 3. The SMILES string of the molecule is Cc1cc(C(=O)Nc2ccnn2CC(C)C)on1. The molecular formula is C12H16N4O2. The van der Waals surface area contributed by atoms with Gasteiger partial charge in [0.05, 0.1) is 11.9 Å². The molecule has 0 aliphatic rings. The Morgan fingerprint density at radius 3 is 2.94 bits per heavy atom. The Labute approximate surface area is 105 Å². The van der Waals surface area contributed by atoms with E-state index in [9.17, 15) is 4.79 Å². The number of hydrogen-bond acceptors (Lipinski definition) is 4. The van der Waals surface area contributed by atoms with Crippen LogP contribution in [-0.4, -0.2) is 20.8 Å². The summed E-state index contributed by atoms with van der Waals surface area (Å²) in [5.41, 5.74) is 0.677. The van der Waals surface area contributed by atoms with E-state index in [2.05, 4.69) is 29.4 Å². The van der Waals surface area contributed by atoms with E-state index < -0.39 is 0 Å². The summed E-state index contributed by atoms with van der Waals surface area (Å²) in [5.74, 6) is 0.988. The molecule has 0 aliphatic carbocycles. The highest BCUT2D eigenvalue weighted by atomic mass is 16.5. The Morgan fingerprint density at radius 2 is 2.33 bits per heavy atom. The standard InChI is InChI=1S/C12H16N4O2/c1-8(2)7-16-11(4-5-13-16)14-12(17)10-6-9(3)15-18-10/h4-6,8H,7H2,1-3H3,(H,14,17). The maximum absolute atomic E-state index is 11.9. The van der Waals surface area contributed by atoms with E-state index in [-0.39, 0.29) is 11.7 Å². The van der Waals surface area contributed by atoms with Gasteiger partial charge < -0.3 is 9.84 Å². The zero-order valence-electron chi connectivity index (χ0n) is 10.7. The molecule has 0 spiro atoms. The van der Waals surface area contributed by atoms with E-state index in [0.29, 0.717) is 17.4 Å². The number of hydrogen-bond donors (Lipinski definition) is 1. The molecule has 0 unspecified atom stereocenters. The second kappa shape index (κ2) is 5.03. The van der Waals surface area contributed by atoms with Gasteiger partial charge in [-0.1, -0.05) is 19.0 Å². The van der Waals surface area contributed by atoms with Crippen LogP contribution in [0, 0.1) is 12.8 Å². The molecular weight excluding hydrogens is 232 g/mol. The Hall–Kier alpha value is -2.11. The number of nitrogens with one attached hydrogen (secondary N) is 1. The quantitative estimate of drug-likeness (QED) is 0.899. The van der Waals surface area contributed by atoms with Crippen molar-refractivity contribution in [2.75, 3.05) is 5.32 Å². The largest absolute Gasteiger partial charge is 0.351 e. The van der Waals surface area contributed by atoms with Gasteiger partial charge in [-0.25, -0.2) is 4.68 Å². The van der Waals surface area contributed by atoms with Gasteiger partial charge in [-0.2, -0.15) is 5.10 Å². The molecule has 1 N–H and O–H groups in total. The van der Waals surface area contributed by atoms with Crippen LogP contribution in [0.25, 0.3) is 0 Å². The van der Waals surface area contributed by atoms with Crippen LogP contribution in [-0.2, 0) is 6.54 Å². The first kappa shape index (κ1) is 12.3. The van der Waals surface area contributed by atoms with Crippen molar-refractivity contribution in [1.82, 2.24) is 14.9 Å². The topological polar surface area (TPSA) is 73.0 Å². The first-order valence-electron chi connectivity index (χ1n) is 5.82. The number of nitrogens with zero attached hydrogens (tertiary/aromatic N) is 3. The van der Waals surface area contributed by atoms with Crippen LogP contribution >= 0.6 is 0 Å². The minimum absolute atomic E-state index is 0.199. The monoisotopic (exact) mass is 248 g/mol. The van der Waals surface area contributed by atoms with Crippen LogP contribution in [0.15, 0.2) is 22.9 Å². The molecule has 18 heavy (non-hydrogen) atoms. The molecule has 0 aromatic carbocycles. The molecule has 2 aromatic heterocycles. The molecule has 2 aromatic rings. The number of amides is 1. The molecule has 0 radical (unpaired) electrons. The number of aryl methyl sites for hydroxylation is 1. The summed E-state index contributed by atoms with van der Waals surface area (Å²) in [4.78, 5) is 11.9. The Balaban J connectivity index is 2.10. The van der Waals surface area contributed by atoms with Crippen molar-refractivity contribution in [2.45, 2.75) is 27.3 Å². The third-order valence-corrected chi connectivity index (χ3v) is 2.35. The van der Waals surface area contributed by atoms with Crippen molar-refractivity contribution in [3.63, 3.8) is 0 Å². The fourth-order valence-corrected chi connectivity index (χ4v) is 1.58. The second-order valence-electron chi connectivity index (χ2n) is 4.58. The first-order chi connectivity index (χ1) is 8.56. The molecule has 2 rings (SSSR count).